The third-order valence-electron chi connectivity index (χ3n) is 3.51. The van der Waals surface area contributed by atoms with Gasteiger partial charge in [0.1, 0.15) is 11.4 Å². The first-order valence-corrected chi connectivity index (χ1v) is 6.69. The van der Waals surface area contributed by atoms with Crippen LogP contribution in [0.25, 0.3) is 26.9 Å². The van der Waals surface area contributed by atoms with Gasteiger partial charge in [0.25, 0.3) is 5.56 Å². The summed E-state index contributed by atoms with van der Waals surface area (Å²) in [6.07, 6.45) is 0. The molecule has 0 atom stereocenters. The molecule has 0 unspecified atom stereocenters. The second-order valence-electron chi connectivity index (χ2n) is 4.95. The Hall–Kier alpha value is -3.13. The van der Waals surface area contributed by atoms with E-state index >= 15 is 0 Å². The van der Waals surface area contributed by atoms with Crippen molar-refractivity contribution in [1.82, 2.24) is 10.2 Å². The van der Waals surface area contributed by atoms with E-state index in [1.807, 2.05) is 19.1 Å². The zero-order valence-electron chi connectivity index (χ0n) is 12.2. The molecule has 3 rings (SSSR count). The van der Waals surface area contributed by atoms with Crippen molar-refractivity contribution in [2.24, 2.45) is 0 Å². The molecular weight excluding hydrogens is 278 g/mol. The fourth-order valence-corrected chi connectivity index (χ4v) is 2.43. The molecule has 2 aromatic carbocycles. The number of aryl methyl sites for hydroxylation is 1. The van der Waals surface area contributed by atoms with Crippen LogP contribution in [-0.4, -0.2) is 17.3 Å². The number of hydrogen-bond acceptors (Lipinski definition) is 3. The molecule has 0 bridgehead atoms. The third-order valence-corrected chi connectivity index (χ3v) is 3.51. The van der Waals surface area contributed by atoms with Crippen molar-refractivity contribution in [1.29, 1.82) is 0 Å². The second-order valence-corrected chi connectivity index (χ2v) is 4.95. The molecule has 0 saturated heterocycles. The third kappa shape index (κ3) is 2.21. The minimum atomic E-state index is -0.226. The number of rotatable bonds is 2. The van der Waals surface area contributed by atoms with Gasteiger partial charge < -0.3 is 4.74 Å². The Balaban J connectivity index is 2.36. The van der Waals surface area contributed by atoms with E-state index < -0.39 is 0 Å². The van der Waals surface area contributed by atoms with Gasteiger partial charge in [-0.05, 0) is 25.1 Å². The summed E-state index contributed by atoms with van der Waals surface area (Å²) in [7, 11) is 1.55. The minimum absolute atomic E-state index is 0.226. The number of ether oxygens (including phenoxy) is 1. The molecule has 0 aliphatic heterocycles. The fraction of sp³-hybridized carbons (Fsp3) is 0.118. The van der Waals surface area contributed by atoms with Crippen molar-refractivity contribution >= 4 is 16.5 Å². The highest BCUT2D eigenvalue weighted by Crippen LogP contribution is 2.35. The summed E-state index contributed by atoms with van der Waals surface area (Å²) in [5.41, 5.74) is 2.67. The van der Waals surface area contributed by atoms with Crippen molar-refractivity contribution in [3.8, 4) is 17.0 Å². The molecule has 0 aliphatic carbocycles. The Labute approximate surface area is 127 Å². The molecular formula is C17H13N3O2. The summed E-state index contributed by atoms with van der Waals surface area (Å²) >= 11 is 0. The van der Waals surface area contributed by atoms with Crippen LogP contribution in [0, 0.1) is 13.5 Å². The van der Waals surface area contributed by atoms with E-state index in [1.165, 1.54) is 0 Å². The number of benzene rings is 2. The van der Waals surface area contributed by atoms with Crippen LogP contribution in [0.15, 0.2) is 41.2 Å². The van der Waals surface area contributed by atoms with Gasteiger partial charge in [0.2, 0.25) is 0 Å². The van der Waals surface area contributed by atoms with E-state index in [0.717, 1.165) is 16.5 Å². The standard InChI is InChI=1S/C17H13N3O2/c1-10-4-6-12-14(8-10)16(19-20-17(12)21)13-7-5-11(18-2)9-15(13)22-3/h4-9H,1,3H3,(H,20,21). The molecule has 0 spiro atoms. The van der Waals surface area contributed by atoms with E-state index in [0.29, 0.717) is 22.5 Å². The molecule has 0 fully saturated rings. The number of methoxy groups -OCH3 is 1. The lowest BCUT2D eigenvalue weighted by Gasteiger charge is -2.10. The molecule has 5 nitrogen and oxygen atoms in total. The summed E-state index contributed by atoms with van der Waals surface area (Å²) < 4.78 is 5.38. The Morgan fingerprint density at radius 2 is 2.00 bits per heavy atom. The molecule has 0 saturated carbocycles. The van der Waals surface area contributed by atoms with Crippen molar-refractivity contribution in [2.75, 3.05) is 7.11 Å². The highest BCUT2D eigenvalue weighted by molar-refractivity contribution is 5.95. The minimum Gasteiger partial charge on any atom is -0.497 e. The lowest BCUT2D eigenvalue weighted by molar-refractivity contribution is 0.416. The van der Waals surface area contributed by atoms with Gasteiger partial charge in [0.15, 0.2) is 5.69 Å². The first-order valence-electron chi connectivity index (χ1n) is 6.69. The normalized spacial score (nSPS) is 10.4. The largest absolute Gasteiger partial charge is 0.497 e. The van der Waals surface area contributed by atoms with Crippen LogP contribution in [0.2, 0.25) is 0 Å². The van der Waals surface area contributed by atoms with Crippen LogP contribution in [0.5, 0.6) is 5.75 Å². The molecule has 0 radical (unpaired) electrons. The van der Waals surface area contributed by atoms with E-state index in [1.54, 1.807) is 31.4 Å². The lowest BCUT2D eigenvalue weighted by Crippen LogP contribution is -2.09. The average molecular weight is 291 g/mol. The van der Waals surface area contributed by atoms with Crippen LogP contribution >= 0.6 is 0 Å². The molecule has 3 aromatic rings. The average Bonchev–Trinajstić information content (AvgIpc) is 2.54. The van der Waals surface area contributed by atoms with E-state index in [-0.39, 0.29) is 5.56 Å². The Bertz CT molecular complexity index is 968. The molecule has 22 heavy (non-hydrogen) atoms. The highest BCUT2D eigenvalue weighted by atomic mass is 16.5. The monoisotopic (exact) mass is 291 g/mol. The van der Waals surface area contributed by atoms with E-state index in [4.69, 9.17) is 11.3 Å². The number of H-pyrrole nitrogens is 1. The second kappa shape index (κ2) is 5.34. The SMILES string of the molecule is [C-]#[N+]c1ccc(-c2n[nH]c(=O)c3ccc(C)cc23)c(OC)c1. The summed E-state index contributed by atoms with van der Waals surface area (Å²) in [6, 6.07) is 10.8. The van der Waals surface area contributed by atoms with Crippen molar-refractivity contribution in [3.63, 3.8) is 0 Å². The molecule has 5 heteroatoms. The maximum Gasteiger partial charge on any atom is 0.272 e. The zero-order valence-corrected chi connectivity index (χ0v) is 12.2. The number of nitrogens with zero attached hydrogens (tertiary/aromatic N) is 2. The summed E-state index contributed by atoms with van der Waals surface area (Å²) in [5.74, 6) is 0.552. The van der Waals surface area contributed by atoms with Crippen LogP contribution < -0.4 is 10.3 Å². The maximum absolute atomic E-state index is 11.9. The predicted molar refractivity (Wildman–Crippen MR) is 85.4 cm³/mol. The topological polar surface area (TPSA) is 59.3 Å². The van der Waals surface area contributed by atoms with Crippen LogP contribution in [0.3, 0.4) is 0 Å². The number of hydrogen-bond donors (Lipinski definition) is 1. The van der Waals surface area contributed by atoms with Crippen molar-refractivity contribution in [3.05, 3.63) is 63.7 Å². The van der Waals surface area contributed by atoms with Gasteiger partial charge in [-0.25, -0.2) is 9.94 Å². The molecule has 0 amide bonds. The summed E-state index contributed by atoms with van der Waals surface area (Å²) in [5, 5.41) is 8.04. The van der Waals surface area contributed by atoms with E-state index in [2.05, 4.69) is 15.0 Å². The van der Waals surface area contributed by atoms with Gasteiger partial charge in [-0.3, -0.25) is 4.79 Å². The quantitative estimate of drug-likeness (QED) is 0.736. The van der Waals surface area contributed by atoms with Gasteiger partial charge in [-0.15, -0.1) is 0 Å². The molecule has 0 aliphatic rings. The predicted octanol–water partition coefficient (Wildman–Crippen LogP) is 3.46. The van der Waals surface area contributed by atoms with Gasteiger partial charge in [0.05, 0.1) is 19.1 Å². The maximum atomic E-state index is 11.9. The highest BCUT2D eigenvalue weighted by Gasteiger charge is 2.13. The number of fused-ring (bicyclic) bond motifs is 1. The van der Waals surface area contributed by atoms with Gasteiger partial charge in [-0.1, -0.05) is 23.8 Å². The molecule has 1 aromatic heterocycles. The Morgan fingerprint density at radius 3 is 2.73 bits per heavy atom. The van der Waals surface area contributed by atoms with Crippen molar-refractivity contribution in [2.45, 2.75) is 6.92 Å². The smallest absolute Gasteiger partial charge is 0.272 e. The first kappa shape index (κ1) is 13.8. The Kier molecular flexibility index (Phi) is 3.36. The molecule has 1 heterocycles. The van der Waals surface area contributed by atoms with E-state index in [9.17, 15) is 4.79 Å². The van der Waals surface area contributed by atoms with Crippen LogP contribution in [-0.2, 0) is 0 Å². The molecule has 1 N–H and O–H groups in total. The molecule has 108 valence electrons. The first-order chi connectivity index (χ1) is 10.6. The number of nitrogens with one attached hydrogen (secondary N) is 1. The summed E-state index contributed by atoms with van der Waals surface area (Å²) in [4.78, 5) is 15.3. The van der Waals surface area contributed by atoms with Gasteiger partial charge >= 0.3 is 0 Å². The van der Waals surface area contributed by atoms with Gasteiger partial charge in [-0.2, -0.15) is 5.10 Å². The summed E-state index contributed by atoms with van der Waals surface area (Å²) in [6.45, 7) is 9.05. The fourth-order valence-electron chi connectivity index (χ4n) is 2.43. The van der Waals surface area contributed by atoms with Crippen LogP contribution in [0.4, 0.5) is 5.69 Å². The zero-order chi connectivity index (χ0) is 15.7. The number of aromatic amines is 1. The van der Waals surface area contributed by atoms with Crippen LogP contribution in [0.1, 0.15) is 5.56 Å². The van der Waals surface area contributed by atoms with Crippen molar-refractivity contribution < 1.29 is 4.74 Å². The number of aromatic nitrogens is 2. The lowest BCUT2D eigenvalue weighted by atomic mass is 10.0. The van der Waals surface area contributed by atoms with Gasteiger partial charge in [0, 0.05) is 10.9 Å². The Morgan fingerprint density at radius 1 is 1.18 bits per heavy atom.